The summed E-state index contributed by atoms with van der Waals surface area (Å²) in [6, 6.07) is 0. The predicted octanol–water partition coefficient (Wildman–Crippen LogP) is 4.26. The van der Waals surface area contributed by atoms with Crippen LogP contribution in [0.25, 0.3) is 0 Å². The van der Waals surface area contributed by atoms with Gasteiger partial charge in [-0.05, 0) is 61.6 Å². The van der Waals surface area contributed by atoms with Crippen molar-refractivity contribution >= 4 is 23.7 Å². The van der Waals surface area contributed by atoms with Gasteiger partial charge in [0.15, 0.2) is 18.7 Å². The molecule has 0 aromatic rings. The van der Waals surface area contributed by atoms with Crippen LogP contribution in [0.5, 0.6) is 0 Å². The molecule has 0 saturated carbocycles. The third-order valence-corrected chi connectivity index (χ3v) is 3.95. The van der Waals surface area contributed by atoms with Crippen LogP contribution in [0.2, 0.25) is 0 Å². The molecule has 32 heavy (non-hydrogen) atoms. The SMILES string of the molecule is CCOC(C)C(=O)OC.CCOC(C)OC.CCOC(C)OC(C)=O.CCOC(C)SC. The van der Waals surface area contributed by atoms with Crippen molar-refractivity contribution in [2.75, 3.05) is 46.9 Å². The zero-order chi connectivity index (χ0) is 25.9. The first-order chi connectivity index (χ1) is 15.0. The van der Waals surface area contributed by atoms with Gasteiger partial charge in [-0.2, -0.15) is 0 Å². The van der Waals surface area contributed by atoms with Crippen LogP contribution < -0.4 is 0 Å². The van der Waals surface area contributed by atoms with Gasteiger partial charge in [-0.3, -0.25) is 4.79 Å². The number of methoxy groups -OCH3 is 2. The van der Waals surface area contributed by atoms with E-state index in [1.807, 2.05) is 47.8 Å². The Morgan fingerprint density at radius 3 is 1.44 bits per heavy atom. The van der Waals surface area contributed by atoms with E-state index < -0.39 is 12.4 Å². The number of thioether (sulfide) groups is 1. The van der Waals surface area contributed by atoms with Gasteiger partial charge in [-0.25, -0.2) is 4.79 Å². The molecule has 196 valence electrons. The van der Waals surface area contributed by atoms with E-state index in [0.717, 1.165) is 13.2 Å². The van der Waals surface area contributed by atoms with Crippen LogP contribution >= 0.6 is 11.8 Å². The molecular weight excluding hydrogens is 440 g/mol. The Morgan fingerprint density at radius 2 is 1.19 bits per heavy atom. The van der Waals surface area contributed by atoms with Crippen molar-refractivity contribution < 1.29 is 42.7 Å². The lowest BCUT2D eigenvalue weighted by atomic mass is 10.4. The van der Waals surface area contributed by atoms with E-state index >= 15 is 0 Å². The normalized spacial score (nSPS) is 13.4. The molecule has 0 radical (unpaired) electrons. The van der Waals surface area contributed by atoms with Gasteiger partial charge >= 0.3 is 11.9 Å². The number of rotatable bonds is 12. The Labute approximate surface area is 200 Å². The average Bonchev–Trinajstić information content (AvgIpc) is 2.74. The van der Waals surface area contributed by atoms with Gasteiger partial charge in [0.1, 0.15) is 0 Å². The second kappa shape index (κ2) is 30.1. The fourth-order valence-electron chi connectivity index (χ4n) is 1.59. The summed E-state index contributed by atoms with van der Waals surface area (Å²) in [5.74, 6) is -0.632. The summed E-state index contributed by atoms with van der Waals surface area (Å²) < 4.78 is 33.8. The summed E-state index contributed by atoms with van der Waals surface area (Å²) in [6.45, 7) is 18.9. The largest absolute Gasteiger partial charge is 0.467 e. The highest BCUT2D eigenvalue weighted by molar-refractivity contribution is 7.99. The molecule has 0 aliphatic heterocycles. The van der Waals surface area contributed by atoms with E-state index in [0.29, 0.717) is 18.6 Å². The minimum Gasteiger partial charge on any atom is -0.467 e. The Kier molecular flexibility index (Phi) is 36.1. The first-order valence-corrected chi connectivity index (χ1v) is 12.1. The molecule has 9 nitrogen and oxygen atoms in total. The average molecular weight is 489 g/mol. The quantitative estimate of drug-likeness (QED) is 0.292. The van der Waals surface area contributed by atoms with Crippen molar-refractivity contribution in [1.29, 1.82) is 0 Å². The van der Waals surface area contributed by atoms with Crippen molar-refractivity contribution in [2.45, 2.75) is 86.4 Å². The summed E-state index contributed by atoms with van der Waals surface area (Å²) in [7, 11) is 2.97. The van der Waals surface area contributed by atoms with Crippen LogP contribution in [0.4, 0.5) is 0 Å². The van der Waals surface area contributed by atoms with Crippen LogP contribution in [0.1, 0.15) is 62.3 Å². The van der Waals surface area contributed by atoms with Gasteiger partial charge in [0, 0.05) is 40.5 Å². The third kappa shape index (κ3) is 36.5. The van der Waals surface area contributed by atoms with Gasteiger partial charge in [-0.1, -0.05) is 0 Å². The standard InChI is InChI=1S/2C6H12O3.C5H12O2.C5H12OS/c1-4-9-5(2)6(7)8-3;1-4-8-6(3)9-5(2)7;1-4-7-5(2)6-3;1-4-6-5(2)7-3/h5H,4H2,1-3H3;6H,4H2,1-3H3;2*5H,4H2,1-3H3. The minimum absolute atomic E-state index is 0.0509. The number of esters is 2. The number of hydrogen-bond acceptors (Lipinski definition) is 10. The summed E-state index contributed by atoms with van der Waals surface area (Å²) in [4.78, 5) is 20.8. The van der Waals surface area contributed by atoms with E-state index in [2.05, 4.69) is 9.47 Å². The fourth-order valence-corrected chi connectivity index (χ4v) is 1.86. The maximum absolute atomic E-state index is 10.6. The Bertz CT molecular complexity index is 386. The van der Waals surface area contributed by atoms with Crippen molar-refractivity contribution in [1.82, 2.24) is 0 Å². The second-order valence-electron chi connectivity index (χ2n) is 5.77. The molecule has 0 N–H and O–H groups in total. The van der Waals surface area contributed by atoms with E-state index in [4.69, 9.17) is 23.7 Å². The molecule has 0 saturated heterocycles. The molecular formula is C22H48O9S. The van der Waals surface area contributed by atoms with Crippen LogP contribution in [-0.4, -0.2) is 83.0 Å². The smallest absolute Gasteiger partial charge is 0.334 e. The summed E-state index contributed by atoms with van der Waals surface area (Å²) in [5.41, 5.74) is 0.366. The number of ether oxygens (including phenoxy) is 7. The van der Waals surface area contributed by atoms with Gasteiger partial charge in [0.05, 0.1) is 12.5 Å². The molecule has 0 amide bonds. The maximum Gasteiger partial charge on any atom is 0.334 e. The highest BCUT2D eigenvalue weighted by Crippen LogP contribution is 2.04. The Balaban J connectivity index is -0.000000165. The maximum atomic E-state index is 10.6. The van der Waals surface area contributed by atoms with Crippen LogP contribution in [0, 0.1) is 0 Å². The molecule has 4 unspecified atom stereocenters. The lowest BCUT2D eigenvalue weighted by molar-refractivity contribution is -0.171. The van der Waals surface area contributed by atoms with Gasteiger partial charge in [-0.15, -0.1) is 11.8 Å². The second-order valence-corrected chi connectivity index (χ2v) is 6.91. The Hall–Kier alpha value is -0.910. The molecule has 0 fully saturated rings. The highest BCUT2D eigenvalue weighted by atomic mass is 32.2. The molecule has 0 aliphatic rings. The molecule has 0 aromatic heterocycles. The topological polar surface area (TPSA) is 98.8 Å². The minimum atomic E-state index is -0.431. The van der Waals surface area contributed by atoms with Crippen LogP contribution in [-0.2, 0) is 42.7 Å². The summed E-state index contributed by atoms with van der Waals surface area (Å²) in [5, 5.41) is 0. The summed E-state index contributed by atoms with van der Waals surface area (Å²) >= 11 is 1.73. The Morgan fingerprint density at radius 1 is 0.750 bits per heavy atom. The molecule has 0 rings (SSSR count). The zero-order valence-electron chi connectivity index (χ0n) is 22.2. The molecule has 0 aliphatic carbocycles. The molecule has 0 aromatic carbocycles. The number of carbonyl (C=O) groups is 2. The van der Waals surface area contributed by atoms with Crippen molar-refractivity contribution in [3.05, 3.63) is 0 Å². The van der Waals surface area contributed by atoms with Gasteiger partial charge < -0.3 is 33.2 Å². The van der Waals surface area contributed by atoms with E-state index in [9.17, 15) is 9.59 Å². The molecule has 0 spiro atoms. The van der Waals surface area contributed by atoms with E-state index in [1.165, 1.54) is 14.0 Å². The van der Waals surface area contributed by atoms with Gasteiger partial charge in [0.25, 0.3) is 0 Å². The van der Waals surface area contributed by atoms with Gasteiger partial charge in [0.2, 0.25) is 0 Å². The molecule has 4 atom stereocenters. The fraction of sp³-hybridized carbons (Fsp3) is 0.909. The first-order valence-electron chi connectivity index (χ1n) is 10.8. The lowest BCUT2D eigenvalue weighted by Crippen LogP contribution is -2.21. The number of carbonyl (C=O) groups excluding carboxylic acids is 2. The lowest BCUT2D eigenvalue weighted by Gasteiger charge is -2.09. The molecule has 10 heteroatoms. The van der Waals surface area contributed by atoms with Crippen molar-refractivity contribution in [3.8, 4) is 0 Å². The monoisotopic (exact) mass is 488 g/mol. The summed E-state index contributed by atoms with van der Waals surface area (Å²) in [6.07, 6.45) is 1.15. The van der Waals surface area contributed by atoms with Crippen LogP contribution in [0.15, 0.2) is 0 Å². The highest BCUT2D eigenvalue weighted by Gasteiger charge is 2.10. The first kappa shape index (κ1) is 38.4. The predicted molar refractivity (Wildman–Crippen MR) is 129 cm³/mol. The zero-order valence-corrected chi connectivity index (χ0v) is 23.0. The molecule has 0 bridgehead atoms. The third-order valence-electron chi connectivity index (χ3n) is 3.15. The number of hydrogen-bond donors (Lipinski definition) is 0. The molecule has 0 heterocycles. The van der Waals surface area contributed by atoms with Crippen molar-refractivity contribution in [2.24, 2.45) is 0 Å². The van der Waals surface area contributed by atoms with E-state index in [-0.39, 0.29) is 18.2 Å². The van der Waals surface area contributed by atoms with E-state index in [1.54, 1.807) is 32.7 Å². The van der Waals surface area contributed by atoms with Crippen LogP contribution in [0.3, 0.4) is 0 Å². The van der Waals surface area contributed by atoms with Crippen molar-refractivity contribution in [3.63, 3.8) is 0 Å².